The van der Waals surface area contributed by atoms with E-state index in [4.69, 9.17) is 4.74 Å². The number of benzene rings is 1. The second-order valence-electron chi connectivity index (χ2n) is 7.05. The van der Waals surface area contributed by atoms with Crippen molar-refractivity contribution in [3.05, 3.63) is 40.2 Å². The number of ether oxygens (including phenoxy) is 1. The van der Waals surface area contributed by atoms with Crippen LogP contribution in [0.2, 0.25) is 0 Å². The van der Waals surface area contributed by atoms with Gasteiger partial charge < -0.3 is 24.8 Å². The number of nitrogens with zero attached hydrogens (tertiary/aromatic N) is 5. The topological polar surface area (TPSA) is 108 Å². The van der Waals surface area contributed by atoms with Crippen molar-refractivity contribution in [2.75, 3.05) is 45.2 Å². The summed E-state index contributed by atoms with van der Waals surface area (Å²) in [5.74, 6) is 0.741. The molecule has 3 aromatic rings. The number of anilines is 1. The van der Waals surface area contributed by atoms with Gasteiger partial charge in [0, 0.05) is 47.3 Å². The van der Waals surface area contributed by atoms with E-state index in [0.717, 1.165) is 26.2 Å². The highest BCUT2D eigenvalue weighted by Crippen LogP contribution is 2.25. The predicted molar refractivity (Wildman–Crippen MR) is 109 cm³/mol. The van der Waals surface area contributed by atoms with Crippen molar-refractivity contribution in [3.8, 4) is 11.8 Å². The van der Waals surface area contributed by atoms with Gasteiger partial charge in [0.1, 0.15) is 5.75 Å². The minimum absolute atomic E-state index is 0.0693. The van der Waals surface area contributed by atoms with Crippen molar-refractivity contribution in [2.45, 2.75) is 0 Å². The van der Waals surface area contributed by atoms with E-state index in [1.807, 2.05) is 0 Å². The maximum atomic E-state index is 12.8. The molecule has 0 unspecified atom stereocenters. The molecule has 10 nitrogen and oxygen atoms in total. The molecular weight excluding hydrogens is 374 g/mol. The SMILES string of the molecule is CN(C)C(=O)c1ccccc1Oc1nc2nc(N3CCNCC3)[nH]c2c(=O)n1C. The molecule has 0 spiro atoms. The normalized spacial score (nSPS) is 14.2. The quantitative estimate of drug-likeness (QED) is 0.662. The number of hydrogen-bond acceptors (Lipinski definition) is 7. The summed E-state index contributed by atoms with van der Waals surface area (Å²) in [6.45, 7) is 3.30. The van der Waals surface area contributed by atoms with Crippen molar-refractivity contribution >= 4 is 23.0 Å². The highest BCUT2D eigenvalue weighted by molar-refractivity contribution is 5.96. The Bertz CT molecular complexity index is 1110. The van der Waals surface area contributed by atoms with Crippen LogP contribution in [0, 0.1) is 0 Å². The van der Waals surface area contributed by atoms with Gasteiger partial charge in [0.15, 0.2) is 11.2 Å². The first-order chi connectivity index (χ1) is 14.0. The average Bonchev–Trinajstić information content (AvgIpc) is 3.16. The Morgan fingerprint density at radius 2 is 1.90 bits per heavy atom. The number of para-hydroxylation sites is 1. The Morgan fingerprint density at radius 1 is 1.17 bits per heavy atom. The molecule has 10 heteroatoms. The molecule has 0 radical (unpaired) electrons. The lowest BCUT2D eigenvalue weighted by Gasteiger charge is -2.26. The van der Waals surface area contributed by atoms with Gasteiger partial charge in [-0.2, -0.15) is 9.97 Å². The fourth-order valence-electron chi connectivity index (χ4n) is 3.19. The van der Waals surface area contributed by atoms with Crippen molar-refractivity contribution in [1.29, 1.82) is 0 Å². The third kappa shape index (κ3) is 3.54. The standard InChI is InChI=1S/C19H23N7O3/c1-24(2)16(27)12-6-4-5-7-13(12)29-19-23-15-14(17(28)25(19)3)21-18(22-15)26-10-8-20-9-11-26/h4-7,20H,8-11H2,1-3H3,(H,21,22). The van der Waals surface area contributed by atoms with E-state index in [1.54, 1.807) is 45.4 Å². The molecule has 2 aromatic heterocycles. The first-order valence-corrected chi connectivity index (χ1v) is 9.36. The number of piperazine rings is 1. The smallest absolute Gasteiger partial charge is 0.306 e. The summed E-state index contributed by atoms with van der Waals surface area (Å²) in [5.41, 5.74) is 0.699. The zero-order valence-electron chi connectivity index (χ0n) is 16.6. The van der Waals surface area contributed by atoms with E-state index >= 15 is 0 Å². The van der Waals surface area contributed by atoms with Crippen molar-refractivity contribution in [3.63, 3.8) is 0 Å². The minimum Gasteiger partial charge on any atom is -0.425 e. The Kier molecular flexibility index (Phi) is 4.93. The number of carbonyl (C=O) groups excluding carboxylic acids is 1. The first-order valence-electron chi connectivity index (χ1n) is 9.36. The summed E-state index contributed by atoms with van der Waals surface area (Å²) in [5, 5.41) is 3.28. The molecule has 0 bridgehead atoms. The number of imidazole rings is 1. The largest absolute Gasteiger partial charge is 0.425 e. The van der Waals surface area contributed by atoms with E-state index in [-0.39, 0.29) is 23.1 Å². The monoisotopic (exact) mass is 397 g/mol. The lowest BCUT2D eigenvalue weighted by atomic mass is 10.2. The predicted octanol–water partition coefficient (Wildman–Crippen LogP) is 0.560. The van der Waals surface area contributed by atoms with Gasteiger partial charge in [0.2, 0.25) is 5.95 Å². The van der Waals surface area contributed by atoms with E-state index < -0.39 is 0 Å². The summed E-state index contributed by atoms with van der Waals surface area (Å²) in [6.07, 6.45) is 0. The number of rotatable bonds is 4. The average molecular weight is 397 g/mol. The van der Waals surface area contributed by atoms with Gasteiger partial charge in [-0.05, 0) is 12.1 Å². The molecule has 3 heterocycles. The van der Waals surface area contributed by atoms with Crippen molar-refractivity contribution in [2.24, 2.45) is 7.05 Å². The molecule has 1 aliphatic rings. The summed E-state index contributed by atoms with van der Waals surface area (Å²) in [7, 11) is 4.91. The Hall–Kier alpha value is -3.40. The molecule has 152 valence electrons. The molecule has 1 amide bonds. The van der Waals surface area contributed by atoms with Crippen LogP contribution in [0.1, 0.15) is 10.4 Å². The third-order valence-electron chi connectivity index (χ3n) is 4.82. The number of aromatic nitrogens is 4. The van der Waals surface area contributed by atoms with Gasteiger partial charge in [-0.3, -0.25) is 14.2 Å². The zero-order chi connectivity index (χ0) is 20.5. The van der Waals surface area contributed by atoms with E-state index in [1.165, 1.54) is 9.47 Å². The van der Waals surface area contributed by atoms with E-state index in [0.29, 0.717) is 22.8 Å². The van der Waals surface area contributed by atoms with Crippen molar-refractivity contribution < 1.29 is 9.53 Å². The molecule has 1 aliphatic heterocycles. The van der Waals surface area contributed by atoms with E-state index in [9.17, 15) is 9.59 Å². The molecule has 1 saturated heterocycles. The summed E-state index contributed by atoms with van der Waals surface area (Å²) >= 11 is 0. The zero-order valence-corrected chi connectivity index (χ0v) is 16.6. The summed E-state index contributed by atoms with van der Waals surface area (Å²) in [4.78, 5) is 40.8. The molecule has 0 atom stereocenters. The fourth-order valence-corrected chi connectivity index (χ4v) is 3.19. The number of H-pyrrole nitrogens is 1. The Balaban J connectivity index is 1.73. The molecule has 4 rings (SSSR count). The van der Waals surface area contributed by atoms with Crippen molar-refractivity contribution in [1.82, 2.24) is 29.7 Å². The van der Waals surface area contributed by atoms with Crippen LogP contribution in [-0.4, -0.2) is 70.6 Å². The Labute approximate surface area is 167 Å². The van der Waals surface area contributed by atoms with Crippen LogP contribution >= 0.6 is 0 Å². The second-order valence-corrected chi connectivity index (χ2v) is 7.05. The number of amides is 1. The fraction of sp³-hybridized carbons (Fsp3) is 0.368. The van der Waals surface area contributed by atoms with Crippen LogP contribution < -0.4 is 20.5 Å². The lowest BCUT2D eigenvalue weighted by molar-refractivity contribution is 0.0825. The number of hydrogen-bond donors (Lipinski definition) is 2. The van der Waals surface area contributed by atoms with Gasteiger partial charge in [0.25, 0.3) is 11.5 Å². The van der Waals surface area contributed by atoms with Gasteiger partial charge in [0.05, 0.1) is 5.56 Å². The molecule has 29 heavy (non-hydrogen) atoms. The van der Waals surface area contributed by atoms with Gasteiger partial charge in [-0.1, -0.05) is 12.1 Å². The van der Waals surface area contributed by atoms with Gasteiger partial charge >= 0.3 is 6.01 Å². The molecule has 0 aliphatic carbocycles. The molecule has 0 saturated carbocycles. The lowest BCUT2D eigenvalue weighted by Crippen LogP contribution is -2.44. The molecular formula is C19H23N7O3. The maximum Gasteiger partial charge on any atom is 0.306 e. The highest BCUT2D eigenvalue weighted by atomic mass is 16.5. The van der Waals surface area contributed by atoms with Crippen LogP contribution in [0.3, 0.4) is 0 Å². The Morgan fingerprint density at radius 3 is 2.62 bits per heavy atom. The maximum absolute atomic E-state index is 12.8. The van der Waals surface area contributed by atoms with Crippen LogP contribution in [0.15, 0.2) is 29.1 Å². The first kappa shape index (κ1) is 18.9. The summed E-state index contributed by atoms with van der Waals surface area (Å²) < 4.78 is 7.19. The van der Waals surface area contributed by atoms with Crippen LogP contribution in [0.5, 0.6) is 11.8 Å². The van der Waals surface area contributed by atoms with Gasteiger partial charge in [-0.15, -0.1) is 0 Å². The van der Waals surface area contributed by atoms with Crippen LogP contribution in [-0.2, 0) is 7.05 Å². The number of fused-ring (bicyclic) bond motifs is 1. The second kappa shape index (κ2) is 7.55. The highest BCUT2D eigenvalue weighted by Gasteiger charge is 2.20. The van der Waals surface area contributed by atoms with Gasteiger partial charge in [-0.25, -0.2) is 0 Å². The number of carbonyl (C=O) groups is 1. The molecule has 2 N–H and O–H groups in total. The number of nitrogens with one attached hydrogen (secondary N) is 2. The summed E-state index contributed by atoms with van der Waals surface area (Å²) in [6, 6.07) is 6.93. The number of aromatic amines is 1. The molecule has 1 fully saturated rings. The van der Waals surface area contributed by atoms with E-state index in [2.05, 4.69) is 25.2 Å². The minimum atomic E-state index is -0.296. The van der Waals surface area contributed by atoms with Crippen LogP contribution in [0.25, 0.3) is 11.2 Å². The third-order valence-corrected chi connectivity index (χ3v) is 4.82. The van der Waals surface area contributed by atoms with Crippen LogP contribution in [0.4, 0.5) is 5.95 Å². The molecule has 1 aromatic carbocycles.